The number of carbonyl (C=O) groups is 1. The molecule has 1 amide bonds. The fourth-order valence-electron chi connectivity index (χ4n) is 2.68. The summed E-state index contributed by atoms with van der Waals surface area (Å²) in [4.78, 5) is 10.2. The van der Waals surface area contributed by atoms with Gasteiger partial charge in [-0.25, -0.2) is 4.79 Å². The van der Waals surface area contributed by atoms with Crippen LogP contribution in [-0.4, -0.2) is 30.8 Å². The maximum atomic E-state index is 10.2. The third-order valence-electron chi connectivity index (χ3n) is 3.32. The molecule has 1 saturated carbocycles. The summed E-state index contributed by atoms with van der Waals surface area (Å²) in [7, 11) is 0. The highest BCUT2D eigenvalue weighted by atomic mass is 16.4. The molecule has 0 radical (unpaired) electrons. The van der Waals surface area contributed by atoms with Gasteiger partial charge in [-0.15, -0.1) is 0 Å². The molecule has 2 aliphatic rings. The van der Waals surface area contributed by atoms with Crippen LogP contribution >= 0.6 is 0 Å². The molecule has 2 rings (SSSR count). The van der Waals surface area contributed by atoms with Crippen molar-refractivity contribution in [3.63, 3.8) is 0 Å². The first-order chi connectivity index (χ1) is 6.20. The van der Waals surface area contributed by atoms with Gasteiger partial charge in [0.05, 0.1) is 0 Å². The van der Waals surface area contributed by atoms with Crippen LogP contribution in [0.3, 0.4) is 0 Å². The SMILES string of the molecule is O=C(O)NCC1CC2(CCNC2)C1. The van der Waals surface area contributed by atoms with Crippen molar-refractivity contribution >= 4 is 6.09 Å². The Hall–Kier alpha value is -0.770. The number of amides is 1. The summed E-state index contributed by atoms with van der Waals surface area (Å²) >= 11 is 0. The van der Waals surface area contributed by atoms with E-state index in [4.69, 9.17) is 5.11 Å². The van der Waals surface area contributed by atoms with Crippen LogP contribution in [0, 0.1) is 11.3 Å². The first kappa shape index (κ1) is 8.81. The number of hydrogen-bond acceptors (Lipinski definition) is 2. The number of nitrogens with one attached hydrogen (secondary N) is 2. The number of rotatable bonds is 2. The molecule has 1 spiro atoms. The van der Waals surface area contributed by atoms with Gasteiger partial charge in [0.25, 0.3) is 0 Å². The Balaban J connectivity index is 1.69. The van der Waals surface area contributed by atoms with E-state index in [9.17, 15) is 4.79 Å². The third kappa shape index (κ3) is 1.77. The lowest BCUT2D eigenvalue weighted by Gasteiger charge is -2.44. The van der Waals surface area contributed by atoms with E-state index in [0.29, 0.717) is 17.9 Å². The Morgan fingerprint density at radius 1 is 1.62 bits per heavy atom. The fraction of sp³-hybridized carbons (Fsp3) is 0.889. The molecule has 2 fully saturated rings. The molecule has 1 aliphatic carbocycles. The van der Waals surface area contributed by atoms with Gasteiger partial charge in [0.2, 0.25) is 0 Å². The quantitative estimate of drug-likeness (QED) is 0.590. The smallest absolute Gasteiger partial charge is 0.404 e. The maximum absolute atomic E-state index is 10.2. The van der Waals surface area contributed by atoms with Gasteiger partial charge in [-0.1, -0.05) is 0 Å². The summed E-state index contributed by atoms with van der Waals surface area (Å²) in [6, 6.07) is 0. The first-order valence-electron chi connectivity index (χ1n) is 4.88. The van der Waals surface area contributed by atoms with Gasteiger partial charge < -0.3 is 15.7 Å². The second-order valence-electron chi connectivity index (χ2n) is 4.39. The Kier molecular flexibility index (Phi) is 2.15. The normalized spacial score (nSPS) is 37.4. The van der Waals surface area contributed by atoms with Crippen molar-refractivity contribution in [3.05, 3.63) is 0 Å². The fourth-order valence-corrected chi connectivity index (χ4v) is 2.68. The summed E-state index contributed by atoms with van der Waals surface area (Å²) < 4.78 is 0. The predicted molar refractivity (Wildman–Crippen MR) is 48.7 cm³/mol. The molecule has 0 atom stereocenters. The van der Waals surface area contributed by atoms with Crippen LogP contribution in [0.15, 0.2) is 0 Å². The van der Waals surface area contributed by atoms with E-state index in [1.165, 1.54) is 19.3 Å². The third-order valence-corrected chi connectivity index (χ3v) is 3.32. The molecular formula is C9H16N2O2. The van der Waals surface area contributed by atoms with Crippen LogP contribution in [0.2, 0.25) is 0 Å². The van der Waals surface area contributed by atoms with Crippen LogP contribution in [0.1, 0.15) is 19.3 Å². The van der Waals surface area contributed by atoms with Crippen molar-refractivity contribution in [3.8, 4) is 0 Å². The highest BCUT2D eigenvalue weighted by Crippen LogP contribution is 2.49. The van der Waals surface area contributed by atoms with Gasteiger partial charge >= 0.3 is 6.09 Å². The Morgan fingerprint density at radius 3 is 2.92 bits per heavy atom. The van der Waals surface area contributed by atoms with Crippen molar-refractivity contribution in [1.29, 1.82) is 0 Å². The van der Waals surface area contributed by atoms with Crippen molar-refractivity contribution in [2.75, 3.05) is 19.6 Å². The average Bonchev–Trinajstić information content (AvgIpc) is 2.46. The van der Waals surface area contributed by atoms with Gasteiger partial charge in [-0.3, -0.25) is 0 Å². The zero-order valence-corrected chi connectivity index (χ0v) is 7.68. The molecule has 1 heterocycles. The molecule has 0 bridgehead atoms. The van der Waals surface area contributed by atoms with Gasteiger partial charge in [0, 0.05) is 13.1 Å². The molecule has 0 aromatic rings. The minimum absolute atomic E-state index is 0.533. The lowest BCUT2D eigenvalue weighted by molar-refractivity contribution is 0.0757. The second-order valence-corrected chi connectivity index (χ2v) is 4.39. The molecule has 3 N–H and O–H groups in total. The molecule has 4 nitrogen and oxygen atoms in total. The van der Waals surface area contributed by atoms with Crippen LogP contribution < -0.4 is 10.6 Å². The lowest BCUT2D eigenvalue weighted by Crippen LogP contribution is -2.44. The maximum Gasteiger partial charge on any atom is 0.404 e. The van der Waals surface area contributed by atoms with E-state index in [-0.39, 0.29) is 0 Å². The molecule has 0 unspecified atom stereocenters. The second kappa shape index (κ2) is 3.18. The van der Waals surface area contributed by atoms with E-state index in [2.05, 4.69) is 10.6 Å². The molecular weight excluding hydrogens is 168 g/mol. The standard InChI is InChI=1S/C9H16N2O2/c12-8(13)11-5-7-3-9(4-7)1-2-10-6-9/h7,10-11H,1-6H2,(H,12,13). The molecule has 74 valence electrons. The largest absolute Gasteiger partial charge is 0.465 e. The van der Waals surface area contributed by atoms with E-state index in [0.717, 1.165) is 13.1 Å². The molecule has 0 aromatic heterocycles. The van der Waals surface area contributed by atoms with Crippen molar-refractivity contribution in [2.45, 2.75) is 19.3 Å². The minimum Gasteiger partial charge on any atom is -0.465 e. The summed E-state index contributed by atoms with van der Waals surface area (Å²) in [5.41, 5.74) is 0.533. The summed E-state index contributed by atoms with van der Waals surface area (Å²) in [5.74, 6) is 0.580. The van der Waals surface area contributed by atoms with Crippen molar-refractivity contribution < 1.29 is 9.90 Å². The topological polar surface area (TPSA) is 61.4 Å². The Bertz CT molecular complexity index is 204. The molecule has 1 aliphatic heterocycles. The highest BCUT2D eigenvalue weighted by Gasteiger charge is 2.45. The van der Waals surface area contributed by atoms with E-state index in [1.807, 2.05) is 0 Å². The zero-order chi connectivity index (χ0) is 9.31. The molecule has 4 heteroatoms. The minimum atomic E-state index is -0.898. The van der Waals surface area contributed by atoms with Crippen molar-refractivity contribution in [1.82, 2.24) is 10.6 Å². The van der Waals surface area contributed by atoms with Crippen molar-refractivity contribution in [2.24, 2.45) is 11.3 Å². The van der Waals surface area contributed by atoms with E-state index in [1.54, 1.807) is 0 Å². The van der Waals surface area contributed by atoms with Crippen LogP contribution in [0.25, 0.3) is 0 Å². The molecule has 1 saturated heterocycles. The summed E-state index contributed by atoms with van der Waals surface area (Å²) in [5, 5.41) is 14.2. The van der Waals surface area contributed by atoms with Gasteiger partial charge in [0.15, 0.2) is 0 Å². The predicted octanol–water partition coefficient (Wildman–Crippen LogP) is 0.644. The summed E-state index contributed by atoms with van der Waals surface area (Å²) in [6.07, 6.45) is 2.77. The first-order valence-corrected chi connectivity index (χ1v) is 4.88. The Labute approximate surface area is 77.7 Å². The van der Waals surface area contributed by atoms with E-state index >= 15 is 0 Å². The highest BCUT2D eigenvalue weighted by molar-refractivity contribution is 5.64. The average molecular weight is 184 g/mol. The van der Waals surface area contributed by atoms with Crippen LogP contribution in [0.5, 0.6) is 0 Å². The lowest BCUT2D eigenvalue weighted by atomic mass is 9.61. The van der Waals surface area contributed by atoms with E-state index < -0.39 is 6.09 Å². The Morgan fingerprint density at radius 2 is 2.38 bits per heavy atom. The molecule has 13 heavy (non-hydrogen) atoms. The van der Waals surface area contributed by atoms with Gasteiger partial charge in [-0.2, -0.15) is 0 Å². The van der Waals surface area contributed by atoms with Crippen LogP contribution in [-0.2, 0) is 0 Å². The van der Waals surface area contributed by atoms with Gasteiger partial charge in [-0.05, 0) is 37.1 Å². The zero-order valence-electron chi connectivity index (χ0n) is 7.68. The number of carboxylic acid groups (broad SMARTS) is 1. The monoisotopic (exact) mass is 184 g/mol. The number of hydrogen-bond donors (Lipinski definition) is 3. The van der Waals surface area contributed by atoms with Gasteiger partial charge in [0.1, 0.15) is 0 Å². The summed E-state index contributed by atoms with van der Waals surface area (Å²) in [6.45, 7) is 2.91. The molecule has 0 aromatic carbocycles. The van der Waals surface area contributed by atoms with Crippen LogP contribution in [0.4, 0.5) is 4.79 Å².